The summed E-state index contributed by atoms with van der Waals surface area (Å²) in [5.41, 5.74) is 0. The molecule has 5 nitrogen and oxygen atoms in total. The first-order valence-corrected chi connectivity index (χ1v) is 5.74. The maximum absolute atomic E-state index is 11.6. The van der Waals surface area contributed by atoms with Crippen molar-refractivity contribution in [3.8, 4) is 0 Å². The largest absolute Gasteiger partial charge is 0.481 e. The van der Waals surface area contributed by atoms with Gasteiger partial charge < -0.3 is 15.2 Å². The smallest absolute Gasteiger partial charge is 0.304 e. The maximum Gasteiger partial charge on any atom is 0.304 e. The fourth-order valence-corrected chi connectivity index (χ4v) is 1.80. The number of ether oxygens (including phenoxy) is 1. The Morgan fingerprint density at radius 3 is 2.81 bits per heavy atom. The van der Waals surface area contributed by atoms with E-state index in [9.17, 15) is 9.59 Å². The maximum atomic E-state index is 11.6. The summed E-state index contributed by atoms with van der Waals surface area (Å²) in [6, 6.07) is 0. The molecule has 0 aromatic carbocycles. The fourth-order valence-electron chi connectivity index (χ4n) is 1.80. The summed E-state index contributed by atoms with van der Waals surface area (Å²) < 4.78 is 5.37. The van der Waals surface area contributed by atoms with Crippen LogP contribution in [0.4, 0.5) is 0 Å². The van der Waals surface area contributed by atoms with Crippen LogP contribution in [0.1, 0.15) is 32.6 Å². The second-order valence-electron chi connectivity index (χ2n) is 4.08. The molecule has 2 unspecified atom stereocenters. The molecule has 1 aliphatic rings. The van der Waals surface area contributed by atoms with Crippen LogP contribution in [0.25, 0.3) is 0 Å². The van der Waals surface area contributed by atoms with Crippen LogP contribution in [0.2, 0.25) is 0 Å². The molecule has 0 aromatic heterocycles. The van der Waals surface area contributed by atoms with Crippen LogP contribution < -0.4 is 5.32 Å². The molecule has 0 bridgehead atoms. The van der Waals surface area contributed by atoms with E-state index in [2.05, 4.69) is 5.32 Å². The van der Waals surface area contributed by atoms with E-state index in [1.54, 1.807) is 0 Å². The van der Waals surface area contributed by atoms with Crippen molar-refractivity contribution in [3.05, 3.63) is 0 Å². The van der Waals surface area contributed by atoms with Gasteiger partial charge in [0.05, 0.1) is 12.5 Å². The van der Waals surface area contributed by atoms with E-state index in [1.807, 2.05) is 6.92 Å². The van der Waals surface area contributed by atoms with E-state index < -0.39 is 11.9 Å². The molecule has 1 heterocycles. The van der Waals surface area contributed by atoms with Crippen molar-refractivity contribution in [3.63, 3.8) is 0 Å². The normalized spacial score (nSPS) is 21.7. The molecule has 92 valence electrons. The van der Waals surface area contributed by atoms with E-state index in [4.69, 9.17) is 9.84 Å². The lowest BCUT2D eigenvalue weighted by Gasteiger charge is -2.15. The summed E-state index contributed by atoms with van der Waals surface area (Å²) in [5.74, 6) is -1.54. The third kappa shape index (κ3) is 4.18. The highest BCUT2D eigenvalue weighted by atomic mass is 16.5. The van der Waals surface area contributed by atoms with Crippen LogP contribution in [0.3, 0.4) is 0 Å². The lowest BCUT2D eigenvalue weighted by atomic mass is 10.0. The standard InChI is InChI=1S/C11H19NO4/c1-2-8(6-10(13)14)11(15)12-7-9-4-3-5-16-9/h8-9H,2-7H2,1H3,(H,12,15)(H,13,14). The Morgan fingerprint density at radius 1 is 1.56 bits per heavy atom. The number of rotatable bonds is 6. The molecule has 5 heteroatoms. The van der Waals surface area contributed by atoms with Crippen LogP contribution >= 0.6 is 0 Å². The molecule has 0 aromatic rings. The Hall–Kier alpha value is -1.10. The van der Waals surface area contributed by atoms with Gasteiger partial charge in [0, 0.05) is 19.1 Å². The summed E-state index contributed by atoms with van der Waals surface area (Å²) in [4.78, 5) is 22.2. The van der Waals surface area contributed by atoms with Gasteiger partial charge >= 0.3 is 5.97 Å². The van der Waals surface area contributed by atoms with E-state index in [1.165, 1.54) is 0 Å². The second-order valence-corrected chi connectivity index (χ2v) is 4.08. The molecule has 0 radical (unpaired) electrons. The average Bonchev–Trinajstić information content (AvgIpc) is 2.75. The minimum atomic E-state index is -0.931. The number of carboxylic acid groups (broad SMARTS) is 1. The number of amides is 1. The lowest BCUT2D eigenvalue weighted by Crippen LogP contribution is -2.36. The quantitative estimate of drug-likeness (QED) is 0.705. The molecular formula is C11H19NO4. The lowest BCUT2D eigenvalue weighted by molar-refractivity contribution is -0.141. The predicted octanol–water partition coefficient (Wildman–Crippen LogP) is 0.782. The van der Waals surface area contributed by atoms with Gasteiger partial charge in [-0.25, -0.2) is 0 Å². The molecule has 1 fully saturated rings. The summed E-state index contributed by atoms with van der Waals surface area (Å²) in [5, 5.41) is 11.4. The van der Waals surface area contributed by atoms with Gasteiger partial charge in [0.2, 0.25) is 5.91 Å². The molecule has 16 heavy (non-hydrogen) atoms. The zero-order valence-corrected chi connectivity index (χ0v) is 9.57. The van der Waals surface area contributed by atoms with Gasteiger partial charge in [0.1, 0.15) is 0 Å². The fraction of sp³-hybridized carbons (Fsp3) is 0.818. The zero-order chi connectivity index (χ0) is 12.0. The predicted molar refractivity (Wildman–Crippen MR) is 58.0 cm³/mol. The molecule has 1 aliphatic heterocycles. The van der Waals surface area contributed by atoms with Crippen LogP contribution in [-0.2, 0) is 14.3 Å². The Balaban J connectivity index is 2.28. The number of hydrogen-bond acceptors (Lipinski definition) is 3. The summed E-state index contributed by atoms with van der Waals surface area (Å²) >= 11 is 0. The monoisotopic (exact) mass is 229 g/mol. The van der Waals surface area contributed by atoms with Crippen LogP contribution in [-0.4, -0.2) is 36.2 Å². The summed E-state index contributed by atoms with van der Waals surface area (Å²) in [6.45, 7) is 3.07. The Kier molecular flexibility index (Phi) is 5.25. The molecule has 0 saturated carbocycles. The topological polar surface area (TPSA) is 75.6 Å². The van der Waals surface area contributed by atoms with Crippen molar-refractivity contribution in [2.45, 2.75) is 38.7 Å². The van der Waals surface area contributed by atoms with Crippen molar-refractivity contribution in [1.82, 2.24) is 5.32 Å². The zero-order valence-electron chi connectivity index (χ0n) is 9.57. The number of carboxylic acids is 1. The SMILES string of the molecule is CCC(CC(=O)O)C(=O)NCC1CCCO1. The Labute approximate surface area is 95.2 Å². The molecule has 1 saturated heterocycles. The van der Waals surface area contributed by atoms with E-state index in [-0.39, 0.29) is 18.4 Å². The Bertz CT molecular complexity index is 248. The van der Waals surface area contributed by atoms with E-state index in [0.29, 0.717) is 13.0 Å². The molecule has 0 spiro atoms. The summed E-state index contributed by atoms with van der Waals surface area (Å²) in [6.07, 6.45) is 2.55. The van der Waals surface area contributed by atoms with Gasteiger partial charge in [0.15, 0.2) is 0 Å². The van der Waals surface area contributed by atoms with Gasteiger partial charge in [-0.3, -0.25) is 9.59 Å². The first-order chi connectivity index (χ1) is 7.63. The van der Waals surface area contributed by atoms with Gasteiger partial charge in [0.25, 0.3) is 0 Å². The summed E-state index contributed by atoms with van der Waals surface area (Å²) in [7, 11) is 0. The van der Waals surface area contributed by atoms with Crippen molar-refractivity contribution >= 4 is 11.9 Å². The minimum absolute atomic E-state index is 0.103. The van der Waals surface area contributed by atoms with Crippen molar-refractivity contribution in [2.24, 2.45) is 5.92 Å². The molecule has 0 aliphatic carbocycles. The van der Waals surface area contributed by atoms with Gasteiger partial charge in [-0.05, 0) is 19.3 Å². The van der Waals surface area contributed by atoms with E-state index >= 15 is 0 Å². The van der Waals surface area contributed by atoms with Gasteiger partial charge in [-0.2, -0.15) is 0 Å². The van der Waals surface area contributed by atoms with Gasteiger partial charge in [-0.15, -0.1) is 0 Å². The van der Waals surface area contributed by atoms with Crippen molar-refractivity contribution in [2.75, 3.05) is 13.2 Å². The highest BCUT2D eigenvalue weighted by molar-refractivity contribution is 5.83. The van der Waals surface area contributed by atoms with Crippen molar-refractivity contribution in [1.29, 1.82) is 0 Å². The molecular weight excluding hydrogens is 210 g/mol. The molecule has 1 rings (SSSR count). The second kappa shape index (κ2) is 6.48. The number of carbonyl (C=O) groups is 2. The molecule has 1 amide bonds. The number of nitrogens with one attached hydrogen (secondary N) is 1. The third-order valence-electron chi connectivity index (χ3n) is 2.81. The van der Waals surface area contributed by atoms with Crippen molar-refractivity contribution < 1.29 is 19.4 Å². The average molecular weight is 229 g/mol. The van der Waals surface area contributed by atoms with E-state index in [0.717, 1.165) is 19.4 Å². The first-order valence-electron chi connectivity index (χ1n) is 5.74. The first kappa shape index (κ1) is 13.0. The molecule has 2 atom stereocenters. The highest BCUT2D eigenvalue weighted by Crippen LogP contribution is 2.12. The highest BCUT2D eigenvalue weighted by Gasteiger charge is 2.22. The number of aliphatic carboxylic acids is 1. The van der Waals surface area contributed by atoms with Crippen LogP contribution in [0.5, 0.6) is 0 Å². The number of carbonyl (C=O) groups excluding carboxylic acids is 1. The number of hydrogen-bond donors (Lipinski definition) is 2. The van der Waals surface area contributed by atoms with Crippen LogP contribution in [0.15, 0.2) is 0 Å². The molecule has 2 N–H and O–H groups in total. The third-order valence-corrected chi connectivity index (χ3v) is 2.81. The van der Waals surface area contributed by atoms with Crippen LogP contribution in [0, 0.1) is 5.92 Å². The Morgan fingerprint density at radius 2 is 2.31 bits per heavy atom. The minimum Gasteiger partial charge on any atom is -0.481 e. The van der Waals surface area contributed by atoms with Gasteiger partial charge in [-0.1, -0.05) is 6.92 Å².